The predicted molar refractivity (Wildman–Crippen MR) is 97.3 cm³/mol. The van der Waals surface area contributed by atoms with Crippen molar-refractivity contribution in [2.75, 3.05) is 13.7 Å². The van der Waals surface area contributed by atoms with Gasteiger partial charge in [-0.3, -0.25) is 4.79 Å². The first-order valence-electron chi connectivity index (χ1n) is 8.43. The lowest BCUT2D eigenvalue weighted by Gasteiger charge is -2.17. The van der Waals surface area contributed by atoms with E-state index in [-0.39, 0.29) is 23.9 Å². The Morgan fingerprint density at radius 1 is 1.00 bits per heavy atom. The highest BCUT2D eigenvalue weighted by Gasteiger charge is 2.17. The van der Waals surface area contributed by atoms with Gasteiger partial charge in [-0.25, -0.2) is 13.6 Å². The summed E-state index contributed by atoms with van der Waals surface area (Å²) in [6, 6.07) is 14.5. The molecule has 7 heteroatoms. The minimum atomic E-state index is -0.791. The zero-order valence-electron chi connectivity index (χ0n) is 15.0. The molecular formula is C21H17F2NO4. The van der Waals surface area contributed by atoms with Crippen molar-refractivity contribution in [3.8, 4) is 11.3 Å². The molecule has 0 spiro atoms. The largest absolute Gasteiger partial charge is 0.450 e. The van der Waals surface area contributed by atoms with E-state index in [1.54, 1.807) is 18.2 Å². The molecule has 0 aliphatic rings. The van der Waals surface area contributed by atoms with Gasteiger partial charge < -0.3 is 14.1 Å². The average molecular weight is 385 g/mol. The molecule has 0 atom stereocenters. The number of ether oxygens (including phenoxy) is 1. The zero-order chi connectivity index (χ0) is 20.1. The molecule has 0 aliphatic heterocycles. The van der Waals surface area contributed by atoms with Crippen LogP contribution in [0.5, 0.6) is 0 Å². The van der Waals surface area contributed by atoms with E-state index in [1.165, 1.54) is 54.4 Å². The molecule has 1 aromatic heterocycles. The Hall–Kier alpha value is -3.48. The topological polar surface area (TPSA) is 59.8 Å². The van der Waals surface area contributed by atoms with E-state index in [0.29, 0.717) is 16.9 Å². The number of furan rings is 1. The fraction of sp³-hybridized carbons (Fsp3) is 0.143. The summed E-state index contributed by atoms with van der Waals surface area (Å²) in [5, 5.41) is 0. The number of esters is 1. The van der Waals surface area contributed by atoms with Crippen LogP contribution in [0, 0.1) is 11.6 Å². The van der Waals surface area contributed by atoms with Crippen molar-refractivity contribution in [1.29, 1.82) is 0 Å². The maximum atomic E-state index is 13.2. The van der Waals surface area contributed by atoms with Gasteiger partial charge in [-0.15, -0.1) is 0 Å². The van der Waals surface area contributed by atoms with E-state index >= 15 is 0 Å². The van der Waals surface area contributed by atoms with Crippen LogP contribution in [-0.4, -0.2) is 30.4 Å². The average Bonchev–Trinajstić information content (AvgIpc) is 3.16. The van der Waals surface area contributed by atoms with E-state index in [2.05, 4.69) is 0 Å². The van der Waals surface area contributed by atoms with Crippen LogP contribution in [0.1, 0.15) is 16.1 Å². The van der Waals surface area contributed by atoms with E-state index < -0.39 is 18.5 Å². The second-order valence-corrected chi connectivity index (χ2v) is 6.13. The standard InChI is InChI=1S/C21H17F2NO4/c1-24(12-14-3-2-4-17(23)11-14)20(25)13-27-21(26)19-10-9-18(28-19)15-5-7-16(22)8-6-15/h2-11H,12-13H2,1H3. The number of carbonyl (C=O) groups is 2. The lowest BCUT2D eigenvalue weighted by atomic mass is 10.2. The van der Waals surface area contributed by atoms with Gasteiger partial charge in [0, 0.05) is 19.2 Å². The molecule has 1 amide bonds. The maximum Gasteiger partial charge on any atom is 0.374 e. The van der Waals surface area contributed by atoms with Crippen molar-refractivity contribution < 1.29 is 27.5 Å². The molecule has 0 unspecified atom stereocenters. The van der Waals surface area contributed by atoms with Gasteiger partial charge in [0.1, 0.15) is 17.4 Å². The summed E-state index contributed by atoms with van der Waals surface area (Å²) in [5.74, 6) is -1.69. The van der Waals surface area contributed by atoms with Crippen LogP contribution in [0.2, 0.25) is 0 Å². The molecule has 0 saturated heterocycles. The smallest absolute Gasteiger partial charge is 0.374 e. The van der Waals surface area contributed by atoms with Crippen LogP contribution in [0.15, 0.2) is 65.1 Å². The van der Waals surface area contributed by atoms with Crippen LogP contribution in [0.4, 0.5) is 8.78 Å². The maximum absolute atomic E-state index is 13.2. The summed E-state index contributed by atoms with van der Waals surface area (Å²) in [6.07, 6.45) is 0. The molecule has 0 saturated carbocycles. The molecule has 0 bridgehead atoms. The molecule has 5 nitrogen and oxygen atoms in total. The Morgan fingerprint density at radius 2 is 1.75 bits per heavy atom. The Bertz CT molecular complexity index is 982. The van der Waals surface area contributed by atoms with Gasteiger partial charge in [0.2, 0.25) is 5.76 Å². The Balaban J connectivity index is 1.55. The molecule has 3 aromatic rings. The minimum Gasteiger partial charge on any atom is -0.450 e. The molecular weight excluding hydrogens is 368 g/mol. The predicted octanol–water partition coefficient (Wildman–Crippen LogP) is 4.04. The minimum absolute atomic E-state index is 0.0695. The number of amides is 1. The van der Waals surface area contributed by atoms with Crippen LogP contribution in [-0.2, 0) is 16.1 Å². The summed E-state index contributed by atoms with van der Waals surface area (Å²) >= 11 is 0. The quantitative estimate of drug-likeness (QED) is 0.601. The highest BCUT2D eigenvalue weighted by atomic mass is 19.1. The Labute approximate surface area is 160 Å². The van der Waals surface area contributed by atoms with E-state index in [1.807, 2.05) is 0 Å². The number of nitrogens with zero attached hydrogens (tertiary/aromatic N) is 1. The van der Waals surface area contributed by atoms with Gasteiger partial charge in [-0.05, 0) is 54.1 Å². The Morgan fingerprint density at radius 3 is 2.46 bits per heavy atom. The van der Waals surface area contributed by atoms with Crippen molar-refractivity contribution in [1.82, 2.24) is 4.90 Å². The number of halogens is 2. The lowest BCUT2D eigenvalue weighted by molar-refractivity contribution is -0.133. The fourth-order valence-corrected chi connectivity index (χ4v) is 2.52. The lowest BCUT2D eigenvalue weighted by Crippen LogP contribution is -2.30. The third-order valence-corrected chi connectivity index (χ3v) is 4.00. The third kappa shape index (κ3) is 4.82. The number of carbonyl (C=O) groups excluding carboxylic acids is 2. The summed E-state index contributed by atoms with van der Waals surface area (Å²) < 4.78 is 36.6. The number of hydrogen-bond donors (Lipinski definition) is 0. The van der Waals surface area contributed by atoms with Crippen LogP contribution in [0.25, 0.3) is 11.3 Å². The normalized spacial score (nSPS) is 10.5. The number of likely N-dealkylation sites (N-methyl/N-ethyl adjacent to an activating group) is 1. The first kappa shape index (κ1) is 19.3. The SMILES string of the molecule is CN(Cc1cccc(F)c1)C(=O)COC(=O)c1ccc(-c2ccc(F)cc2)o1. The van der Waals surface area contributed by atoms with Crippen molar-refractivity contribution in [3.63, 3.8) is 0 Å². The first-order chi connectivity index (χ1) is 13.4. The third-order valence-electron chi connectivity index (χ3n) is 4.00. The fourth-order valence-electron chi connectivity index (χ4n) is 2.52. The van der Waals surface area contributed by atoms with Gasteiger partial charge >= 0.3 is 5.97 Å². The van der Waals surface area contributed by atoms with Gasteiger partial charge in [-0.1, -0.05) is 12.1 Å². The molecule has 0 radical (unpaired) electrons. The second-order valence-electron chi connectivity index (χ2n) is 6.13. The van der Waals surface area contributed by atoms with Gasteiger partial charge in [0.15, 0.2) is 6.61 Å². The summed E-state index contributed by atoms with van der Waals surface area (Å²) in [7, 11) is 1.53. The molecule has 1 heterocycles. The van der Waals surface area contributed by atoms with Gasteiger partial charge in [0.25, 0.3) is 5.91 Å². The van der Waals surface area contributed by atoms with Crippen LogP contribution >= 0.6 is 0 Å². The molecule has 2 aromatic carbocycles. The highest BCUT2D eigenvalue weighted by molar-refractivity contribution is 5.89. The molecule has 28 heavy (non-hydrogen) atoms. The monoisotopic (exact) mass is 385 g/mol. The summed E-state index contributed by atoms with van der Waals surface area (Å²) in [6.45, 7) is -0.291. The number of rotatable bonds is 6. The van der Waals surface area contributed by atoms with Crippen molar-refractivity contribution >= 4 is 11.9 Å². The summed E-state index contributed by atoms with van der Waals surface area (Å²) in [4.78, 5) is 25.5. The van der Waals surface area contributed by atoms with E-state index in [0.717, 1.165) is 0 Å². The second kappa shape index (κ2) is 8.47. The number of benzene rings is 2. The zero-order valence-corrected chi connectivity index (χ0v) is 15.0. The van der Waals surface area contributed by atoms with Gasteiger partial charge in [-0.2, -0.15) is 0 Å². The first-order valence-corrected chi connectivity index (χ1v) is 8.43. The van der Waals surface area contributed by atoms with Crippen LogP contribution < -0.4 is 0 Å². The van der Waals surface area contributed by atoms with E-state index in [9.17, 15) is 18.4 Å². The molecule has 144 valence electrons. The summed E-state index contributed by atoms with van der Waals surface area (Å²) in [5.41, 5.74) is 1.23. The van der Waals surface area contributed by atoms with Crippen molar-refractivity contribution in [2.45, 2.75) is 6.54 Å². The molecule has 3 rings (SSSR count). The van der Waals surface area contributed by atoms with Gasteiger partial charge in [0.05, 0.1) is 0 Å². The highest BCUT2D eigenvalue weighted by Crippen LogP contribution is 2.22. The van der Waals surface area contributed by atoms with Crippen molar-refractivity contribution in [3.05, 3.63) is 83.6 Å². The molecule has 0 aliphatic carbocycles. The van der Waals surface area contributed by atoms with E-state index in [4.69, 9.17) is 9.15 Å². The molecule has 0 N–H and O–H groups in total. The van der Waals surface area contributed by atoms with Crippen molar-refractivity contribution in [2.24, 2.45) is 0 Å². The number of hydrogen-bond acceptors (Lipinski definition) is 4. The van der Waals surface area contributed by atoms with Crippen LogP contribution in [0.3, 0.4) is 0 Å². The molecule has 0 fully saturated rings. The Kier molecular flexibility index (Phi) is 5.84.